The van der Waals surface area contributed by atoms with Gasteiger partial charge in [-0.2, -0.15) is 5.10 Å². The van der Waals surface area contributed by atoms with Crippen molar-refractivity contribution in [3.05, 3.63) is 59.2 Å². The van der Waals surface area contributed by atoms with Gasteiger partial charge in [-0.15, -0.1) is 0 Å². The van der Waals surface area contributed by atoms with Gasteiger partial charge in [0.05, 0.1) is 30.3 Å². The van der Waals surface area contributed by atoms with Crippen LogP contribution in [0.5, 0.6) is 0 Å². The molecule has 1 aromatic heterocycles. The molecule has 2 aromatic carbocycles. The van der Waals surface area contributed by atoms with E-state index in [4.69, 9.17) is 16.3 Å². The van der Waals surface area contributed by atoms with E-state index in [0.717, 1.165) is 29.1 Å². The first-order chi connectivity index (χ1) is 12.8. The number of fused-ring (bicyclic) bond motifs is 1. The predicted molar refractivity (Wildman–Crippen MR) is 109 cm³/mol. The fraction of sp³-hybridized carbons (Fsp3) is 0.316. The van der Waals surface area contributed by atoms with Crippen LogP contribution in [0.15, 0.2) is 48.7 Å². The lowest BCUT2D eigenvalue weighted by molar-refractivity contribution is 0.103. The first-order valence-electron chi connectivity index (χ1n) is 8.51. The van der Waals surface area contributed by atoms with Crippen LogP contribution in [0, 0.1) is 0 Å². The van der Waals surface area contributed by atoms with Gasteiger partial charge in [-0.1, -0.05) is 36.7 Å². The summed E-state index contributed by atoms with van der Waals surface area (Å²) < 4.78 is 33.4. The van der Waals surface area contributed by atoms with Gasteiger partial charge in [0.25, 0.3) is 0 Å². The SMILES string of the molecule is CCC(COC)(c1ccc(Cl)cc1)n1ncc2c(NS(C)(=O)=O)cccc21. The third-order valence-corrected chi connectivity index (χ3v) is 5.51. The molecule has 0 saturated heterocycles. The van der Waals surface area contributed by atoms with Crippen LogP contribution >= 0.6 is 11.6 Å². The number of aromatic nitrogens is 2. The number of hydrogen-bond donors (Lipinski definition) is 1. The average molecular weight is 408 g/mol. The van der Waals surface area contributed by atoms with Crippen molar-refractivity contribution in [1.29, 1.82) is 0 Å². The molecule has 0 amide bonds. The summed E-state index contributed by atoms with van der Waals surface area (Å²) >= 11 is 6.07. The van der Waals surface area contributed by atoms with Gasteiger partial charge in [0.2, 0.25) is 10.0 Å². The number of halogens is 1. The standard InChI is InChI=1S/C19H22ClN3O3S/c1-4-19(13-26-2,14-8-10-15(20)11-9-14)23-18-7-5-6-17(16(18)12-21-23)22-27(3,24)25/h5-12,22H,4,13H2,1-3H3. The molecule has 8 heteroatoms. The van der Waals surface area contributed by atoms with E-state index in [1.54, 1.807) is 19.4 Å². The average Bonchev–Trinajstić information content (AvgIpc) is 3.05. The Hall–Kier alpha value is -2.09. The molecule has 0 radical (unpaired) electrons. The van der Waals surface area contributed by atoms with Gasteiger partial charge < -0.3 is 4.74 Å². The number of nitrogens with one attached hydrogen (secondary N) is 1. The predicted octanol–water partition coefficient (Wildman–Crippen LogP) is 3.86. The second-order valence-corrected chi connectivity index (χ2v) is 8.68. The van der Waals surface area contributed by atoms with Crippen molar-refractivity contribution in [1.82, 2.24) is 9.78 Å². The lowest BCUT2D eigenvalue weighted by Crippen LogP contribution is -2.39. The molecule has 144 valence electrons. The maximum Gasteiger partial charge on any atom is 0.229 e. The fourth-order valence-electron chi connectivity index (χ4n) is 3.40. The van der Waals surface area contributed by atoms with E-state index < -0.39 is 15.6 Å². The van der Waals surface area contributed by atoms with Gasteiger partial charge in [0.1, 0.15) is 5.54 Å². The first-order valence-corrected chi connectivity index (χ1v) is 10.8. The molecular formula is C19H22ClN3O3S. The van der Waals surface area contributed by atoms with Crippen LogP contribution in [0.25, 0.3) is 10.9 Å². The smallest absolute Gasteiger partial charge is 0.229 e. The van der Waals surface area contributed by atoms with Crippen molar-refractivity contribution in [3.8, 4) is 0 Å². The Morgan fingerprint density at radius 3 is 2.52 bits per heavy atom. The summed E-state index contributed by atoms with van der Waals surface area (Å²) in [6, 6.07) is 13.1. The molecule has 1 N–H and O–H groups in total. The Balaban J connectivity index is 2.23. The summed E-state index contributed by atoms with van der Waals surface area (Å²) in [6.07, 6.45) is 3.53. The number of methoxy groups -OCH3 is 1. The molecule has 1 unspecified atom stereocenters. The number of rotatable bonds is 7. The molecule has 0 spiro atoms. The van der Waals surface area contributed by atoms with E-state index in [1.807, 2.05) is 41.1 Å². The van der Waals surface area contributed by atoms with Gasteiger partial charge >= 0.3 is 0 Å². The second-order valence-electron chi connectivity index (χ2n) is 6.49. The number of hydrogen-bond acceptors (Lipinski definition) is 4. The van der Waals surface area contributed by atoms with Crippen molar-refractivity contribution >= 4 is 38.2 Å². The van der Waals surface area contributed by atoms with E-state index >= 15 is 0 Å². The molecule has 1 heterocycles. The third-order valence-electron chi connectivity index (χ3n) is 4.66. The van der Waals surface area contributed by atoms with Gasteiger partial charge in [0, 0.05) is 17.5 Å². The zero-order valence-corrected chi connectivity index (χ0v) is 17.0. The molecule has 1 atom stereocenters. The van der Waals surface area contributed by atoms with E-state index in [9.17, 15) is 8.42 Å². The number of nitrogens with zero attached hydrogens (tertiary/aromatic N) is 2. The van der Waals surface area contributed by atoms with Gasteiger partial charge in [-0.3, -0.25) is 9.40 Å². The molecular weight excluding hydrogens is 386 g/mol. The summed E-state index contributed by atoms with van der Waals surface area (Å²) in [7, 11) is -1.74. The van der Waals surface area contributed by atoms with Crippen LogP contribution in [-0.2, 0) is 20.3 Å². The van der Waals surface area contributed by atoms with E-state index in [1.165, 1.54) is 0 Å². The molecule has 0 bridgehead atoms. The number of sulfonamides is 1. The van der Waals surface area contributed by atoms with Crippen LogP contribution in [0.3, 0.4) is 0 Å². The van der Waals surface area contributed by atoms with Gasteiger partial charge in [0.15, 0.2) is 0 Å². The van der Waals surface area contributed by atoms with E-state index in [-0.39, 0.29) is 0 Å². The summed E-state index contributed by atoms with van der Waals surface area (Å²) in [4.78, 5) is 0. The molecule has 3 aromatic rings. The Bertz CT molecular complexity index is 1050. The Morgan fingerprint density at radius 2 is 1.93 bits per heavy atom. The quantitative estimate of drug-likeness (QED) is 0.645. The highest BCUT2D eigenvalue weighted by molar-refractivity contribution is 7.92. The zero-order chi connectivity index (χ0) is 19.7. The molecule has 0 aliphatic heterocycles. The third kappa shape index (κ3) is 3.81. The number of benzene rings is 2. The summed E-state index contributed by atoms with van der Waals surface area (Å²) in [5.41, 5.74) is 1.78. The molecule has 3 rings (SSSR count). The zero-order valence-electron chi connectivity index (χ0n) is 15.4. The van der Waals surface area contributed by atoms with Crippen LogP contribution in [0.2, 0.25) is 5.02 Å². The van der Waals surface area contributed by atoms with Crippen LogP contribution in [0.1, 0.15) is 18.9 Å². The largest absolute Gasteiger partial charge is 0.382 e. The molecule has 0 aliphatic carbocycles. The molecule has 6 nitrogen and oxygen atoms in total. The minimum atomic E-state index is -3.39. The van der Waals surface area contributed by atoms with Gasteiger partial charge in [-0.05, 0) is 36.2 Å². The minimum Gasteiger partial charge on any atom is -0.382 e. The Labute approximate surface area is 164 Å². The minimum absolute atomic E-state index is 0.408. The van der Waals surface area contributed by atoms with E-state index in [2.05, 4.69) is 16.7 Å². The molecule has 0 aliphatic rings. The van der Waals surface area contributed by atoms with Crippen molar-refractivity contribution in [3.63, 3.8) is 0 Å². The first kappa shape index (κ1) is 19.7. The maximum absolute atomic E-state index is 11.7. The fourth-order valence-corrected chi connectivity index (χ4v) is 4.11. The number of anilines is 1. The Morgan fingerprint density at radius 1 is 1.22 bits per heavy atom. The molecule has 0 fully saturated rings. The maximum atomic E-state index is 11.7. The van der Waals surface area contributed by atoms with Crippen molar-refractivity contribution < 1.29 is 13.2 Å². The van der Waals surface area contributed by atoms with Crippen molar-refractivity contribution in [2.24, 2.45) is 0 Å². The van der Waals surface area contributed by atoms with Crippen molar-refractivity contribution in [2.75, 3.05) is 24.7 Å². The highest BCUT2D eigenvalue weighted by Gasteiger charge is 2.35. The Kier molecular flexibility index (Phi) is 5.46. The summed E-state index contributed by atoms with van der Waals surface area (Å²) in [5, 5.41) is 6.00. The molecule has 27 heavy (non-hydrogen) atoms. The summed E-state index contributed by atoms with van der Waals surface area (Å²) in [6.45, 7) is 2.48. The normalized spacial score (nSPS) is 14.2. The van der Waals surface area contributed by atoms with Gasteiger partial charge in [-0.25, -0.2) is 8.42 Å². The van der Waals surface area contributed by atoms with Crippen LogP contribution < -0.4 is 4.72 Å². The van der Waals surface area contributed by atoms with Crippen LogP contribution in [0.4, 0.5) is 5.69 Å². The number of ether oxygens (including phenoxy) is 1. The molecule has 0 saturated carbocycles. The lowest BCUT2D eigenvalue weighted by Gasteiger charge is -2.34. The highest BCUT2D eigenvalue weighted by Crippen LogP contribution is 2.35. The van der Waals surface area contributed by atoms with E-state index in [0.29, 0.717) is 17.3 Å². The topological polar surface area (TPSA) is 73.2 Å². The van der Waals surface area contributed by atoms with Crippen LogP contribution in [-0.4, -0.2) is 38.2 Å². The van der Waals surface area contributed by atoms with Crippen molar-refractivity contribution in [2.45, 2.75) is 18.9 Å². The monoisotopic (exact) mass is 407 g/mol. The summed E-state index contributed by atoms with van der Waals surface area (Å²) in [5.74, 6) is 0. The lowest BCUT2D eigenvalue weighted by atomic mass is 9.87. The second kappa shape index (κ2) is 7.50. The highest BCUT2D eigenvalue weighted by atomic mass is 35.5.